The summed E-state index contributed by atoms with van der Waals surface area (Å²) in [5.74, 6) is -0.295. The molecule has 1 aromatic carbocycles. The third-order valence-electron chi connectivity index (χ3n) is 2.72. The lowest BCUT2D eigenvalue weighted by atomic mass is 10.0. The van der Waals surface area contributed by atoms with Crippen LogP contribution in [0.25, 0.3) is 0 Å². The number of benzene rings is 1. The zero-order chi connectivity index (χ0) is 13.2. The zero-order valence-electron chi connectivity index (χ0n) is 9.46. The molecule has 1 aliphatic heterocycles. The van der Waals surface area contributed by atoms with Crippen molar-refractivity contribution in [1.82, 2.24) is 5.32 Å². The first-order valence-corrected chi connectivity index (χ1v) is 5.52. The molecule has 0 aromatic heterocycles. The van der Waals surface area contributed by atoms with E-state index in [0.717, 1.165) is 12.1 Å². The third kappa shape index (κ3) is 2.88. The van der Waals surface area contributed by atoms with Crippen LogP contribution >= 0.6 is 0 Å². The second-order valence-electron chi connectivity index (χ2n) is 4.00. The van der Waals surface area contributed by atoms with Gasteiger partial charge in [-0.2, -0.15) is 13.2 Å². The van der Waals surface area contributed by atoms with Gasteiger partial charge in [0.25, 0.3) is 0 Å². The Labute approximate surface area is 102 Å². The third-order valence-corrected chi connectivity index (χ3v) is 2.72. The van der Waals surface area contributed by atoms with Crippen molar-refractivity contribution in [3.05, 3.63) is 35.4 Å². The molecule has 0 spiro atoms. The zero-order valence-corrected chi connectivity index (χ0v) is 9.46. The van der Waals surface area contributed by atoms with Crippen LogP contribution in [0.4, 0.5) is 13.2 Å². The van der Waals surface area contributed by atoms with Crippen LogP contribution in [0, 0.1) is 0 Å². The second kappa shape index (κ2) is 5.07. The molecule has 1 heterocycles. The molecule has 0 amide bonds. The van der Waals surface area contributed by atoms with Crippen LogP contribution < -0.4 is 5.32 Å². The average Bonchev–Trinajstić information content (AvgIpc) is 2.38. The highest BCUT2D eigenvalue weighted by atomic mass is 19.4. The minimum Gasteiger partial charge on any atom is -0.367 e. The molecule has 0 bridgehead atoms. The minimum atomic E-state index is -4.38. The molecule has 1 N–H and O–H groups in total. The number of halogens is 3. The molecule has 1 aromatic rings. The van der Waals surface area contributed by atoms with Crippen molar-refractivity contribution >= 4 is 5.78 Å². The van der Waals surface area contributed by atoms with Crippen LogP contribution in [0.3, 0.4) is 0 Å². The highest BCUT2D eigenvalue weighted by molar-refractivity contribution is 5.99. The first kappa shape index (κ1) is 13.0. The number of alkyl halides is 3. The summed E-state index contributed by atoms with van der Waals surface area (Å²) in [4.78, 5) is 11.9. The van der Waals surface area contributed by atoms with Gasteiger partial charge in [0.1, 0.15) is 6.10 Å². The second-order valence-corrected chi connectivity index (χ2v) is 4.00. The standard InChI is InChI=1S/C12H12F3NO2/c13-12(14,15)9-3-1-8(2-4-9)11(17)10-7-16-5-6-18-10/h1-4,10,16H,5-7H2. The normalized spacial score (nSPS) is 20.7. The molecule has 0 saturated carbocycles. The maximum atomic E-state index is 12.4. The van der Waals surface area contributed by atoms with E-state index in [9.17, 15) is 18.0 Å². The van der Waals surface area contributed by atoms with Gasteiger partial charge < -0.3 is 10.1 Å². The fourth-order valence-corrected chi connectivity index (χ4v) is 1.74. The summed E-state index contributed by atoms with van der Waals surface area (Å²) < 4.78 is 42.3. The van der Waals surface area contributed by atoms with Gasteiger partial charge in [-0.25, -0.2) is 0 Å². The summed E-state index contributed by atoms with van der Waals surface area (Å²) in [6.45, 7) is 1.49. The van der Waals surface area contributed by atoms with Gasteiger partial charge in [-0.05, 0) is 12.1 Å². The Morgan fingerprint density at radius 2 is 1.94 bits per heavy atom. The number of hydrogen-bond donors (Lipinski definition) is 1. The maximum Gasteiger partial charge on any atom is 0.416 e. The topological polar surface area (TPSA) is 38.3 Å². The van der Waals surface area contributed by atoms with Gasteiger partial charge >= 0.3 is 6.18 Å². The first-order chi connectivity index (χ1) is 8.48. The summed E-state index contributed by atoms with van der Waals surface area (Å²) in [5.41, 5.74) is -0.529. The number of hydrogen-bond acceptors (Lipinski definition) is 3. The van der Waals surface area contributed by atoms with Crippen molar-refractivity contribution in [1.29, 1.82) is 0 Å². The molecule has 1 saturated heterocycles. The Hall–Kier alpha value is -1.40. The summed E-state index contributed by atoms with van der Waals surface area (Å²) in [6.07, 6.45) is -5.00. The number of morpholine rings is 1. The molecule has 0 aliphatic carbocycles. The van der Waals surface area contributed by atoms with Gasteiger partial charge in [-0.1, -0.05) is 12.1 Å². The van der Waals surface area contributed by atoms with Gasteiger partial charge in [0.15, 0.2) is 5.78 Å². The Morgan fingerprint density at radius 1 is 1.28 bits per heavy atom. The molecule has 1 fully saturated rings. The Kier molecular flexibility index (Phi) is 3.68. The van der Waals surface area contributed by atoms with E-state index in [-0.39, 0.29) is 11.3 Å². The van der Waals surface area contributed by atoms with E-state index >= 15 is 0 Å². The van der Waals surface area contributed by atoms with E-state index < -0.39 is 17.8 Å². The van der Waals surface area contributed by atoms with Crippen molar-refractivity contribution in [2.45, 2.75) is 12.3 Å². The van der Waals surface area contributed by atoms with Crippen molar-refractivity contribution in [3.63, 3.8) is 0 Å². The molecule has 98 valence electrons. The molecule has 1 atom stereocenters. The number of ether oxygens (including phenoxy) is 1. The van der Waals surface area contributed by atoms with Crippen LogP contribution in [-0.2, 0) is 10.9 Å². The molecule has 1 unspecified atom stereocenters. The molecule has 18 heavy (non-hydrogen) atoms. The fraction of sp³-hybridized carbons (Fsp3) is 0.417. The fourth-order valence-electron chi connectivity index (χ4n) is 1.74. The maximum absolute atomic E-state index is 12.4. The van der Waals surface area contributed by atoms with Gasteiger partial charge in [0.05, 0.1) is 12.2 Å². The van der Waals surface area contributed by atoms with E-state index in [2.05, 4.69) is 5.32 Å². The lowest BCUT2D eigenvalue weighted by molar-refractivity contribution is -0.137. The predicted octanol–water partition coefficient (Wildman–Crippen LogP) is 1.88. The lowest BCUT2D eigenvalue weighted by Crippen LogP contribution is -2.43. The van der Waals surface area contributed by atoms with Crippen molar-refractivity contribution in [2.24, 2.45) is 0 Å². The van der Waals surface area contributed by atoms with Gasteiger partial charge in [-0.15, -0.1) is 0 Å². The molecular weight excluding hydrogens is 247 g/mol. The van der Waals surface area contributed by atoms with Crippen LogP contribution in [0.5, 0.6) is 0 Å². The molecular formula is C12H12F3NO2. The van der Waals surface area contributed by atoms with E-state index in [0.29, 0.717) is 19.7 Å². The molecule has 0 radical (unpaired) electrons. The number of nitrogens with one attached hydrogen (secondary N) is 1. The first-order valence-electron chi connectivity index (χ1n) is 5.52. The summed E-state index contributed by atoms with van der Waals surface area (Å²) in [6, 6.07) is 4.18. The number of ketones is 1. The molecule has 6 heteroatoms. The SMILES string of the molecule is O=C(c1ccc(C(F)(F)F)cc1)C1CNCCO1. The van der Waals surface area contributed by atoms with Crippen LogP contribution in [0.2, 0.25) is 0 Å². The van der Waals surface area contributed by atoms with Gasteiger partial charge in [0, 0.05) is 18.7 Å². The number of carbonyl (C=O) groups excluding carboxylic acids is 1. The Morgan fingerprint density at radius 3 is 2.44 bits per heavy atom. The van der Waals surface area contributed by atoms with Gasteiger partial charge in [0.2, 0.25) is 0 Å². The quantitative estimate of drug-likeness (QED) is 0.824. The minimum absolute atomic E-state index is 0.233. The van der Waals surface area contributed by atoms with E-state index in [1.54, 1.807) is 0 Å². The monoisotopic (exact) mass is 259 g/mol. The largest absolute Gasteiger partial charge is 0.416 e. The highest BCUT2D eigenvalue weighted by Crippen LogP contribution is 2.29. The average molecular weight is 259 g/mol. The van der Waals surface area contributed by atoms with Crippen molar-refractivity contribution < 1.29 is 22.7 Å². The number of carbonyl (C=O) groups is 1. The smallest absolute Gasteiger partial charge is 0.367 e. The van der Waals surface area contributed by atoms with Crippen LogP contribution in [0.15, 0.2) is 24.3 Å². The summed E-state index contributed by atoms with van der Waals surface area (Å²) in [5, 5.41) is 3.00. The van der Waals surface area contributed by atoms with E-state index in [4.69, 9.17) is 4.74 Å². The Balaban J connectivity index is 2.11. The van der Waals surface area contributed by atoms with E-state index in [1.807, 2.05) is 0 Å². The molecule has 1 aliphatic rings. The molecule has 3 nitrogen and oxygen atoms in total. The van der Waals surface area contributed by atoms with Crippen LogP contribution in [0.1, 0.15) is 15.9 Å². The number of rotatable bonds is 2. The Bertz CT molecular complexity index is 422. The van der Waals surface area contributed by atoms with Crippen molar-refractivity contribution in [3.8, 4) is 0 Å². The number of Topliss-reactive ketones (excluding diaryl/α,β-unsaturated/α-hetero) is 1. The van der Waals surface area contributed by atoms with E-state index in [1.165, 1.54) is 12.1 Å². The summed E-state index contributed by atoms with van der Waals surface area (Å²) >= 11 is 0. The lowest BCUT2D eigenvalue weighted by Gasteiger charge is -2.22. The summed E-state index contributed by atoms with van der Waals surface area (Å²) in [7, 11) is 0. The van der Waals surface area contributed by atoms with Crippen LogP contribution in [-0.4, -0.2) is 31.6 Å². The predicted molar refractivity (Wildman–Crippen MR) is 58.4 cm³/mol. The van der Waals surface area contributed by atoms with Gasteiger partial charge in [-0.3, -0.25) is 4.79 Å². The molecule has 2 rings (SSSR count). The van der Waals surface area contributed by atoms with Crippen molar-refractivity contribution in [2.75, 3.05) is 19.7 Å². The highest BCUT2D eigenvalue weighted by Gasteiger charge is 2.31.